The molecule has 200 valence electrons. The molecule has 0 spiro atoms. The van der Waals surface area contributed by atoms with Crippen LogP contribution in [0.3, 0.4) is 0 Å². The molecule has 5 atom stereocenters. The molecule has 3 aromatic rings. The van der Waals surface area contributed by atoms with Crippen LogP contribution in [0.1, 0.15) is 54.8 Å². The maximum atomic E-state index is 13.3. The molecule has 0 amide bonds. The Morgan fingerprint density at radius 1 is 1.23 bits per heavy atom. The van der Waals surface area contributed by atoms with E-state index in [0.717, 1.165) is 0 Å². The highest BCUT2D eigenvalue weighted by Crippen LogP contribution is 2.60. The van der Waals surface area contributed by atoms with E-state index in [2.05, 4.69) is 18.8 Å². The molecule has 8 heteroatoms. The van der Waals surface area contributed by atoms with Crippen LogP contribution < -0.4 is 10.4 Å². The van der Waals surface area contributed by atoms with Gasteiger partial charge in [0.1, 0.15) is 28.8 Å². The topological polar surface area (TPSA) is 123 Å². The van der Waals surface area contributed by atoms with Crippen molar-refractivity contribution in [1.29, 1.82) is 5.26 Å². The molecule has 1 aliphatic carbocycles. The summed E-state index contributed by atoms with van der Waals surface area (Å²) >= 11 is 0. The SMILES string of the molecule is [CH2]C([CH2])[C@@H]1C[C@H](OC(=O)c2ccc(C#N)cc2)[C@@]2(C)Oc3cc(-c4cccnc4)oc(=O)c3[C@H](O)[C@@H]2C1(C)C. The average Bonchev–Trinajstić information content (AvgIpc) is 2.89. The van der Waals surface area contributed by atoms with Gasteiger partial charge in [-0.15, -0.1) is 0 Å². The summed E-state index contributed by atoms with van der Waals surface area (Å²) in [5.74, 6) is -1.29. The van der Waals surface area contributed by atoms with E-state index >= 15 is 0 Å². The monoisotopic (exact) mass is 526 g/mol. The number of hydrogen-bond acceptors (Lipinski definition) is 8. The molecule has 1 fully saturated rings. The zero-order chi connectivity index (χ0) is 28.1. The van der Waals surface area contributed by atoms with E-state index in [1.54, 1.807) is 49.6 Å². The standard InChI is InChI=1S/C31H30N2O6/c1-17(2)21-13-24(38-28(35)19-10-8-18(15-32)9-11-19)31(5)27(30(21,3)4)26(34)25-23(39-31)14-22(37-29(25)36)20-7-6-12-33-16-20/h6-12,14,16-17,21,24,26-27,34H,1-2,13H2,3-5H3/t21-,24-,26-,27+,31+/m0/s1. The lowest BCUT2D eigenvalue weighted by atomic mass is 9.51. The Morgan fingerprint density at radius 3 is 2.56 bits per heavy atom. The molecule has 39 heavy (non-hydrogen) atoms. The molecule has 0 bridgehead atoms. The van der Waals surface area contributed by atoms with Gasteiger partial charge in [-0.05, 0) is 80.8 Å². The molecule has 1 saturated carbocycles. The predicted molar refractivity (Wildman–Crippen MR) is 142 cm³/mol. The third kappa shape index (κ3) is 4.41. The van der Waals surface area contributed by atoms with Gasteiger partial charge in [0.05, 0.1) is 23.3 Å². The summed E-state index contributed by atoms with van der Waals surface area (Å²) in [6.07, 6.45) is 1.50. The minimum absolute atomic E-state index is 0.0284. The largest absolute Gasteiger partial charge is 0.482 e. The molecular weight excluding hydrogens is 496 g/mol. The first-order valence-corrected chi connectivity index (χ1v) is 12.8. The van der Waals surface area contributed by atoms with Crippen LogP contribution in [0.15, 0.2) is 64.1 Å². The summed E-state index contributed by atoms with van der Waals surface area (Å²) in [5.41, 5.74) is -1.20. The van der Waals surface area contributed by atoms with Crippen molar-refractivity contribution in [1.82, 2.24) is 4.98 Å². The normalized spacial score (nSPS) is 27.0. The van der Waals surface area contributed by atoms with Gasteiger partial charge in [0.15, 0.2) is 0 Å². The molecule has 3 heterocycles. The molecule has 2 aliphatic rings. The summed E-state index contributed by atoms with van der Waals surface area (Å²) in [5, 5.41) is 20.8. The van der Waals surface area contributed by atoms with E-state index in [9.17, 15) is 14.7 Å². The zero-order valence-electron chi connectivity index (χ0n) is 22.1. The highest BCUT2D eigenvalue weighted by Gasteiger charge is 2.64. The summed E-state index contributed by atoms with van der Waals surface area (Å²) < 4.78 is 18.3. The van der Waals surface area contributed by atoms with Crippen LogP contribution in [-0.2, 0) is 4.74 Å². The molecule has 1 aromatic carbocycles. The van der Waals surface area contributed by atoms with Gasteiger partial charge in [-0.25, -0.2) is 9.59 Å². The Morgan fingerprint density at radius 2 is 1.95 bits per heavy atom. The molecule has 2 radical (unpaired) electrons. The summed E-state index contributed by atoms with van der Waals surface area (Å²) in [4.78, 5) is 30.6. The number of aromatic nitrogens is 1. The van der Waals surface area contributed by atoms with E-state index in [1.165, 1.54) is 12.1 Å². The lowest BCUT2D eigenvalue weighted by Gasteiger charge is -2.60. The van der Waals surface area contributed by atoms with Gasteiger partial charge >= 0.3 is 11.6 Å². The number of rotatable bonds is 4. The molecule has 1 aliphatic heterocycles. The quantitative estimate of drug-likeness (QED) is 0.475. The van der Waals surface area contributed by atoms with Crippen LogP contribution in [0, 0.1) is 48.3 Å². The fourth-order valence-electron chi connectivity index (χ4n) is 6.52. The van der Waals surface area contributed by atoms with Crippen molar-refractivity contribution in [2.24, 2.45) is 23.2 Å². The van der Waals surface area contributed by atoms with Crippen LogP contribution in [0.4, 0.5) is 0 Å². The van der Waals surface area contributed by atoms with Crippen molar-refractivity contribution in [3.63, 3.8) is 0 Å². The first kappa shape index (κ1) is 26.6. The molecule has 1 N–H and O–H groups in total. The number of benzene rings is 1. The van der Waals surface area contributed by atoms with Crippen molar-refractivity contribution in [3.05, 3.63) is 95.8 Å². The van der Waals surface area contributed by atoms with Gasteiger partial charge in [0, 0.05) is 29.9 Å². The average molecular weight is 527 g/mol. The zero-order valence-corrected chi connectivity index (χ0v) is 22.1. The minimum Gasteiger partial charge on any atom is -0.482 e. The van der Waals surface area contributed by atoms with Crippen LogP contribution in [-0.4, -0.2) is 27.8 Å². The van der Waals surface area contributed by atoms with Gasteiger partial charge in [-0.3, -0.25) is 4.98 Å². The highest BCUT2D eigenvalue weighted by atomic mass is 16.6. The van der Waals surface area contributed by atoms with E-state index in [4.69, 9.17) is 19.2 Å². The number of carbonyl (C=O) groups excluding carboxylic acids is 1. The van der Waals surface area contributed by atoms with Crippen LogP contribution in [0.5, 0.6) is 5.75 Å². The molecular formula is C31H30N2O6. The number of aliphatic hydroxyl groups is 1. The van der Waals surface area contributed by atoms with Crippen molar-refractivity contribution >= 4 is 5.97 Å². The van der Waals surface area contributed by atoms with Crippen LogP contribution in [0.2, 0.25) is 0 Å². The number of hydrogen-bond donors (Lipinski definition) is 1. The summed E-state index contributed by atoms with van der Waals surface area (Å²) in [7, 11) is 0. The number of nitrogens with zero attached hydrogens (tertiary/aromatic N) is 2. The highest BCUT2D eigenvalue weighted by molar-refractivity contribution is 5.89. The number of pyridine rings is 1. The van der Waals surface area contributed by atoms with Gasteiger partial charge < -0.3 is 19.0 Å². The van der Waals surface area contributed by atoms with Crippen LogP contribution >= 0.6 is 0 Å². The molecule has 2 aromatic heterocycles. The number of nitriles is 1. The fourth-order valence-corrected chi connectivity index (χ4v) is 6.52. The maximum absolute atomic E-state index is 13.3. The van der Waals surface area contributed by atoms with Gasteiger partial charge in [-0.1, -0.05) is 13.8 Å². The first-order chi connectivity index (χ1) is 18.5. The number of fused-ring (bicyclic) bond motifs is 2. The van der Waals surface area contributed by atoms with E-state index in [-0.39, 0.29) is 34.5 Å². The summed E-state index contributed by atoms with van der Waals surface area (Å²) in [6.45, 7) is 14.1. The number of ether oxygens (including phenoxy) is 2. The lowest BCUT2D eigenvalue weighted by Crippen LogP contribution is -2.67. The fraction of sp³-hybridized carbons (Fsp3) is 0.355. The summed E-state index contributed by atoms with van der Waals surface area (Å²) in [6, 6.07) is 13.2. The number of aliphatic hydroxyl groups excluding tert-OH is 1. The Bertz CT molecular complexity index is 1490. The molecule has 8 nitrogen and oxygen atoms in total. The van der Waals surface area contributed by atoms with Crippen molar-refractivity contribution < 1.29 is 23.8 Å². The van der Waals surface area contributed by atoms with Gasteiger partial charge in [0.25, 0.3) is 0 Å². The van der Waals surface area contributed by atoms with E-state index in [0.29, 0.717) is 17.5 Å². The second-order valence-electron chi connectivity index (χ2n) is 11.1. The Labute approximate surface area is 227 Å². The molecule has 0 saturated heterocycles. The van der Waals surface area contributed by atoms with Crippen LogP contribution in [0.25, 0.3) is 11.3 Å². The Balaban J connectivity index is 1.60. The van der Waals surface area contributed by atoms with Crippen molar-refractivity contribution in [2.75, 3.05) is 0 Å². The van der Waals surface area contributed by atoms with Gasteiger partial charge in [-0.2, -0.15) is 5.26 Å². The second-order valence-corrected chi connectivity index (χ2v) is 11.1. The number of esters is 1. The smallest absolute Gasteiger partial charge is 0.345 e. The molecule has 0 unspecified atom stereocenters. The second kappa shape index (κ2) is 9.65. The lowest BCUT2D eigenvalue weighted by molar-refractivity contribution is -0.217. The Kier molecular flexibility index (Phi) is 6.59. The minimum atomic E-state index is -1.26. The third-order valence-corrected chi connectivity index (χ3v) is 8.39. The van der Waals surface area contributed by atoms with Crippen molar-refractivity contribution in [2.45, 2.75) is 45.0 Å². The van der Waals surface area contributed by atoms with E-state index in [1.807, 2.05) is 19.9 Å². The maximum Gasteiger partial charge on any atom is 0.345 e. The third-order valence-electron chi connectivity index (χ3n) is 8.39. The predicted octanol–water partition coefficient (Wildman–Crippen LogP) is 4.93. The Hall–Kier alpha value is -3.96. The first-order valence-electron chi connectivity index (χ1n) is 12.8. The molecule has 5 rings (SSSR count). The van der Waals surface area contributed by atoms with Crippen molar-refractivity contribution in [3.8, 4) is 23.1 Å². The van der Waals surface area contributed by atoms with E-state index < -0.39 is 40.7 Å². The number of carbonyl (C=O) groups is 1. The van der Waals surface area contributed by atoms with Gasteiger partial charge in [0.2, 0.25) is 0 Å².